The predicted molar refractivity (Wildman–Crippen MR) is 75.1 cm³/mol. The lowest BCUT2D eigenvalue weighted by Gasteiger charge is -2.44. The Bertz CT molecular complexity index is 465. The molecule has 2 aliphatic rings. The highest BCUT2D eigenvalue weighted by molar-refractivity contribution is 8.00. The molecule has 0 amide bonds. The molecule has 0 saturated carbocycles. The van der Waals surface area contributed by atoms with E-state index in [2.05, 4.69) is 0 Å². The lowest BCUT2D eigenvalue weighted by Crippen LogP contribution is -2.40. The lowest BCUT2D eigenvalue weighted by molar-refractivity contribution is 0.00788. The Hall–Kier alpha value is -0.740. The van der Waals surface area contributed by atoms with Crippen LogP contribution in [0, 0.1) is 5.82 Å². The molecule has 2 bridgehead atoms. The predicted octanol–water partition coefficient (Wildman–Crippen LogP) is 3.47. The molecular weight excluding hydrogens is 263 g/mol. The molecule has 2 aliphatic heterocycles. The van der Waals surface area contributed by atoms with Crippen molar-refractivity contribution in [1.29, 1.82) is 0 Å². The van der Waals surface area contributed by atoms with Crippen LogP contribution in [-0.4, -0.2) is 22.7 Å². The van der Waals surface area contributed by atoms with Gasteiger partial charge in [-0.3, -0.25) is 0 Å². The molecule has 0 radical (unpaired) electrons. The van der Waals surface area contributed by atoms with E-state index in [-0.39, 0.29) is 11.6 Å². The minimum Gasteiger partial charge on any atom is -0.494 e. The number of benzene rings is 1. The van der Waals surface area contributed by atoms with Gasteiger partial charge in [0.25, 0.3) is 0 Å². The van der Waals surface area contributed by atoms with Gasteiger partial charge in [0, 0.05) is 10.5 Å². The SMILES string of the molecule is COc1cc(C2(O)CC3CCCC(C2)S3)ccc1F. The number of aliphatic hydroxyl groups is 1. The molecule has 2 fully saturated rings. The monoisotopic (exact) mass is 282 g/mol. The summed E-state index contributed by atoms with van der Waals surface area (Å²) < 4.78 is 18.5. The zero-order valence-corrected chi connectivity index (χ0v) is 11.9. The molecule has 1 N–H and O–H groups in total. The van der Waals surface area contributed by atoms with Crippen LogP contribution in [0.15, 0.2) is 18.2 Å². The summed E-state index contributed by atoms with van der Waals surface area (Å²) >= 11 is 2.02. The second kappa shape index (κ2) is 4.98. The van der Waals surface area contributed by atoms with Gasteiger partial charge in [-0.15, -0.1) is 0 Å². The molecule has 2 saturated heterocycles. The zero-order chi connectivity index (χ0) is 13.5. The Morgan fingerprint density at radius 3 is 2.63 bits per heavy atom. The maximum Gasteiger partial charge on any atom is 0.165 e. The van der Waals surface area contributed by atoms with Crippen molar-refractivity contribution in [2.45, 2.75) is 48.2 Å². The number of hydrogen-bond acceptors (Lipinski definition) is 3. The minimum atomic E-state index is -0.817. The number of thioether (sulfide) groups is 1. The van der Waals surface area contributed by atoms with Crippen LogP contribution in [0.3, 0.4) is 0 Å². The second-order valence-electron chi connectivity index (χ2n) is 5.60. The Labute approximate surface area is 117 Å². The van der Waals surface area contributed by atoms with E-state index in [4.69, 9.17) is 4.74 Å². The van der Waals surface area contributed by atoms with Crippen molar-refractivity contribution in [3.05, 3.63) is 29.6 Å². The maximum atomic E-state index is 13.5. The summed E-state index contributed by atoms with van der Waals surface area (Å²) in [5, 5.41) is 12.0. The van der Waals surface area contributed by atoms with Crippen molar-refractivity contribution in [3.63, 3.8) is 0 Å². The van der Waals surface area contributed by atoms with Gasteiger partial charge >= 0.3 is 0 Å². The fourth-order valence-electron chi connectivity index (χ4n) is 3.30. The van der Waals surface area contributed by atoms with E-state index < -0.39 is 5.60 Å². The highest BCUT2D eigenvalue weighted by atomic mass is 32.2. The van der Waals surface area contributed by atoms with Crippen LogP contribution in [0.1, 0.15) is 37.7 Å². The smallest absolute Gasteiger partial charge is 0.165 e. The van der Waals surface area contributed by atoms with Crippen LogP contribution in [0.2, 0.25) is 0 Å². The third-order valence-corrected chi connectivity index (χ3v) is 5.83. The summed E-state index contributed by atoms with van der Waals surface area (Å²) in [4.78, 5) is 0. The minimum absolute atomic E-state index is 0.217. The van der Waals surface area contributed by atoms with Gasteiger partial charge in [0.15, 0.2) is 11.6 Å². The molecule has 2 atom stereocenters. The van der Waals surface area contributed by atoms with Gasteiger partial charge in [0.05, 0.1) is 12.7 Å². The molecule has 19 heavy (non-hydrogen) atoms. The molecule has 1 aromatic carbocycles. The lowest BCUT2D eigenvalue weighted by atomic mass is 9.80. The second-order valence-corrected chi connectivity index (χ2v) is 7.21. The number of ether oxygens (including phenoxy) is 1. The van der Waals surface area contributed by atoms with E-state index in [0.717, 1.165) is 18.4 Å². The van der Waals surface area contributed by atoms with E-state index in [1.54, 1.807) is 12.1 Å². The van der Waals surface area contributed by atoms with E-state index in [1.807, 2.05) is 11.8 Å². The highest BCUT2D eigenvalue weighted by Gasteiger charge is 2.42. The van der Waals surface area contributed by atoms with E-state index in [0.29, 0.717) is 10.5 Å². The molecule has 2 unspecified atom stereocenters. The summed E-state index contributed by atoms with van der Waals surface area (Å²) in [5.41, 5.74) is -0.0231. The summed E-state index contributed by atoms with van der Waals surface area (Å²) in [6, 6.07) is 4.74. The first-order valence-electron chi connectivity index (χ1n) is 6.82. The van der Waals surface area contributed by atoms with Gasteiger partial charge in [0.1, 0.15) is 0 Å². The fraction of sp³-hybridized carbons (Fsp3) is 0.600. The molecule has 0 aliphatic carbocycles. The Morgan fingerprint density at radius 2 is 2.00 bits per heavy atom. The summed E-state index contributed by atoms with van der Waals surface area (Å²) in [6.07, 6.45) is 5.17. The Kier molecular flexibility index (Phi) is 3.48. The topological polar surface area (TPSA) is 29.5 Å². The molecule has 0 aromatic heterocycles. The van der Waals surface area contributed by atoms with Gasteiger partial charge in [-0.1, -0.05) is 12.5 Å². The van der Waals surface area contributed by atoms with Gasteiger partial charge < -0.3 is 9.84 Å². The van der Waals surface area contributed by atoms with Crippen LogP contribution >= 0.6 is 11.8 Å². The average molecular weight is 282 g/mol. The largest absolute Gasteiger partial charge is 0.494 e. The maximum absolute atomic E-state index is 13.5. The fourth-order valence-corrected chi connectivity index (χ4v) is 5.20. The van der Waals surface area contributed by atoms with E-state index in [1.165, 1.54) is 32.4 Å². The number of hydrogen-bond donors (Lipinski definition) is 1. The standard InChI is InChI=1S/C15H19FO2S/c1-18-14-7-10(5-6-13(14)16)15(17)8-11-3-2-4-12(9-15)19-11/h5-7,11-12,17H,2-4,8-9H2,1H3. The number of methoxy groups -OCH3 is 1. The quantitative estimate of drug-likeness (QED) is 0.900. The van der Waals surface area contributed by atoms with Crippen molar-refractivity contribution in [2.75, 3.05) is 7.11 Å². The number of rotatable bonds is 2. The Morgan fingerprint density at radius 1 is 1.32 bits per heavy atom. The van der Waals surface area contributed by atoms with Crippen LogP contribution in [0.4, 0.5) is 4.39 Å². The van der Waals surface area contributed by atoms with Crippen LogP contribution in [-0.2, 0) is 5.60 Å². The molecule has 2 heterocycles. The molecule has 2 nitrogen and oxygen atoms in total. The van der Waals surface area contributed by atoms with Crippen LogP contribution in [0.25, 0.3) is 0 Å². The summed E-state index contributed by atoms with van der Waals surface area (Å²) in [6.45, 7) is 0. The van der Waals surface area contributed by atoms with Crippen molar-refractivity contribution in [1.82, 2.24) is 0 Å². The van der Waals surface area contributed by atoms with Crippen LogP contribution in [0.5, 0.6) is 5.75 Å². The van der Waals surface area contributed by atoms with Gasteiger partial charge in [-0.2, -0.15) is 11.8 Å². The van der Waals surface area contributed by atoms with Gasteiger partial charge in [-0.25, -0.2) is 4.39 Å². The van der Waals surface area contributed by atoms with Crippen LogP contribution < -0.4 is 4.74 Å². The third kappa shape index (κ3) is 2.48. The van der Waals surface area contributed by atoms with Gasteiger partial charge in [0.2, 0.25) is 0 Å². The molecular formula is C15H19FO2S. The third-order valence-electron chi connectivity index (χ3n) is 4.26. The summed E-state index contributed by atoms with van der Waals surface area (Å²) in [5.74, 6) is -0.158. The number of halogens is 1. The van der Waals surface area contributed by atoms with E-state index in [9.17, 15) is 9.50 Å². The first kappa shape index (κ1) is 13.3. The molecule has 3 rings (SSSR count). The first-order valence-corrected chi connectivity index (χ1v) is 7.77. The molecule has 104 valence electrons. The molecule has 0 spiro atoms. The molecule has 4 heteroatoms. The normalized spacial score (nSPS) is 34.1. The van der Waals surface area contributed by atoms with Crippen molar-refractivity contribution >= 4 is 11.8 Å². The van der Waals surface area contributed by atoms with Crippen molar-refractivity contribution in [3.8, 4) is 5.75 Å². The van der Waals surface area contributed by atoms with Crippen molar-refractivity contribution in [2.24, 2.45) is 0 Å². The zero-order valence-electron chi connectivity index (χ0n) is 11.1. The first-order chi connectivity index (χ1) is 9.10. The van der Waals surface area contributed by atoms with Gasteiger partial charge in [-0.05, 0) is 43.4 Å². The van der Waals surface area contributed by atoms with E-state index >= 15 is 0 Å². The Balaban J connectivity index is 1.91. The molecule has 1 aromatic rings. The highest BCUT2D eigenvalue weighted by Crippen LogP contribution is 2.49. The van der Waals surface area contributed by atoms with Crippen molar-refractivity contribution < 1.29 is 14.2 Å². The number of fused-ring (bicyclic) bond motifs is 2. The average Bonchev–Trinajstić information content (AvgIpc) is 2.38. The summed E-state index contributed by atoms with van der Waals surface area (Å²) in [7, 11) is 1.46.